The Hall–Kier alpha value is -2.12. The number of hydrogen-bond donors (Lipinski definition) is 0. The third-order valence-electron chi connectivity index (χ3n) is 4.38. The lowest BCUT2D eigenvalue weighted by atomic mass is 10.0. The number of nitriles is 1. The van der Waals surface area contributed by atoms with Crippen LogP contribution in [0.25, 0.3) is 10.9 Å². The van der Waals surface area contributed by atoms with Crippen molar-refractivity contribution in [2.75, 3.05) is 32.1 Å². The van der Waals surface area contributed by atoms with Crippen molar-refractivity contribution in [3.8, 4) is 6.07 Å². The Morgan fingerprint density at radius 1 is 1.24 bits per heavy atom. The minimum atomic E-state index is 0.639. The van der Waals surface area contributed by atoms with Gasteiger partial charge in [0.1, 0.15) is 6.07 Å². The summed E-state index contributed by atoms with van der Waals surface area (Å²) >= 11 is 0. The normalized spacial score (nSPS) is 16.4. The molecule has 0 amide bonds. The fourth-order valence-corrected chi connectivity index (χ4v) is 3.16. The summed E-state index contributed by atoms with van der Waals surface area (Å²) in [5.74, 6) is 0. The summed E-state index contributed by atoms with van der Waals surface area (Å²) in [7, 11) is 4.28. The summed E-state index contributed by atoms with van der Waals surface area (Å²) in [6.45, 7) is 1.98. The Morgan fingerprint density at radius 3 is 2.62 bits per heavy atom. The predicted octanol–water partition coefficient (Wildman–Crippen LogP) is 2.64. The monoisotopic (exact) mass is 280 g/mol. The lowest BCUT2D eigenvalue weighted by Gasteiger charge is -2.37. The van der Waals surface area contributed by atoms with E-state index in [4.69, 9.17) is 0 Å². The van der Waals surface area contributed by atoms with Gasteiger partial charge in [0.25, 0.3) is 0 Å². The molecule has 21 heavy (non-hydrogen) atoms. The third-order valence-corrected chi connectivity index (χ3v) is 4.38. The number of benzene rings is 1. The van der Waals surface area contributed by atoms with Gasteiger partial charge in [-0.1, -0.05) is 18.2 Å². The van der Waals surface area contributed by atoms with Crippen LogP contribution in [0, 0.1) is 11.3 Å². The lowest BCUT2D eigenvalue weighted by Crippen LogP contribution is -2.42. The van der Waals surface area contributed by atoms with E-state index in [1.165, 1.54) is 0 Å². The minimum Gasteiger partial charge on any atom is -0.370 e. The zero-order valence-corrected chi connectivity index (χ0v) is 12.6. The summed E-state index contributed by atoms with van der Waals surface area (Å²) in [6, 6.07) is 11.0. The second-order valence-electron chi connectivity index (χ2n) is 5.83. The number of anilines is 1. The average Bonchev–Trinajstić information content (AvgIpc) is 2.53. The van der Waals surface area contributed by atoms with Crippen LogP contribution in [0.5, 0.6) is 0 Å². The maximum absolute atomic E-state index is 9.42. The zero-order chi connectivity index (χ0) is 14.8. The van der Waals surface area contributed by atoms with Crippen LogP contribution in [0.4, 0.5) is 5.69 Å². The molecule has 3 rings (SSSR count). The zero-order valence-electron chi connectivity index (χ0n) is 12.6. The number of para-hydroxylation sites is 1. The number of aromatic nitrogens is 1. The van der Waals surface area contributed by atoms with Crippen molar-refractivity contribution in [3.05, 3.63) is 36.0 Å². The SMILES string of the molecule is CN(C)C1CCN(c2c(C#N)cnc3ccccc23)CC1. The van der Waals surface area contributed by atoms with Crippen LogP contribution in [-0.2, 0) is 0 Å². The van der Waals surface area contributed by atoms with Crippen LogP contribution in [0.1, 0.15) is 18.4 Å². The van der Waals surface area contributed by atoms with Gasteiger partial charge in [0, 0.05) is 30.7 Å². The Bertz CT molecular complexity index is 679. The van der Waals surface area contributed by atoms with Crippen LogP contribution in [-0.4, -0.2) is 43.1 Å². The van der Waals surface area contributed by atoms with Gasteiger partial charge < -0.3 is 9.80 Å². The van der Waals surface area contributed by atoms with Gasteiger partial charge in [-0.2, -0.15) is 5.26 Å². The van der Waals surface area contributed by atoms with E-state index < -0.39 is 0 Å². The second-order valence-corrected chi connectivity index (χ2v) is 5.83. The standard InChI is InChI=1S/C17H20N4/c1-20(2)14-7-9-21(10-8-14)17-13(11-18)12-19-16-6-4-3-5-15(16)17/h3-6,12,14H,7-10H2,1-2H3. The molecule has 0 bridgehead atoms. The molecule has 108 valence electrons. The number of hydrogen-bond acceptors (Lipinski definition) is 4. The van der Waals surface area contributed by atoms with Crippen molar-refractivity contribution >= 4 is 16.6 Å². The molecule has 1 aromatic heterocycles. The molecule has 0 radical (unpaired) electrons. The summed E-state index contributed by atoms with van der Waals surface area (Å²) in [4.78, 5) is 9.04. The summed E-state index contributed by atoms with van der Waals surface area (Å²) < 4.78 is 0. The van der Waals surface area contributed by atoms with Gasteiger partial charge in [-0.05, 0) is 33.0 Å². The molecule has 0 N–H and O–H groups in total. The van der Waals surface area contributed by atoms with E-state index in [1.807, 2.05) is 18.2 Å². The molecule has 2 aromatic rings. The highest BCUT2D eigenvalue weighted by atomic mass is 15.2. The number of fused-ring (bicyclic) bond motifs is 1. The Labute approximate surface area is 125 Å². The molecular weight excluding hydrogens is 260 g/mol. The molecule has 1 aliphatic heterocycles. The van der Waals surface area contributed by atoms with Gasteiger partial charge in [-0.15, -0.1) is 0 Å². The van der Waals surface area contributed by atoms with Gasteiger partial charge in [0.15, 0.2) is 0 Å². The summed E-state index contributed by atoms with van der Waals surface area (Å²) in [5.41, 5.74) is 2.69. The van der Waals surface area contributed by atoms with Crippen molar-refractivity contribution in [3.63, 3.8) is 0 Å². The van der Waals surface area contributed by atoms with Crippen LogP contribution < -0.4 is 4.90 Å². The van der Waals surface area contributed by atoms with Crippen LogP contribution in [0.3, 0.4) is 0 Å². The highest BCUT2D eigenvalue weighted by Crippen LogP contribution is 2.31. The van der Waals surface area contributed by atoms with Crippen molar-refractivity contribution < 1.29 is 0 Å². The third kappa shape index (κ3) is 2.57. The maximum Gasteiger partial charge on any atom is 0.103 e. The molecule has 0 atom stereocenters. The first-order valence-corrected chi connectivity index (χ1v) is 7.40. The van der Waals surface area contributed by atoms with Crippen LogP contribution in [0.2, 0.25) is 0 Å². The molecule has 0 saturated carbocycles. The van der Waals surface area contributed by atoms with Crippen molar-refractivity contribution in [1.82, 2.24) is 9.88 Å². The number of nitrogens with zero attached hydrogens (tertiary/aromatic N) is 4. The first-order valence-electron chi connectivity index (χ1n) is 7.40. The van der Waals surface area contributed by atoms with Crippen molar-refractivity contribution in [1.29, 1.82) is 5.26 Å². The Kier molecular flexibility index (Phi) is 3.76. The van der Waals surface area contributed by atoms with E-state index in [2.05, 4.69) is 41.0 Å². The average molecular weight is 280 g/mol. The number of pyridine rings is 1. The number of rotatable bonds is 2. The fourth-order valence-electron chi connectivity index (χ4n) is 3.16. The second kappa shape index (κ2) is 5.71. The first kappa shape index (κ1) is 13.8. The molecule has 1 aliphatic rings. The van der Waals surface area contributed by atoms with Gasteiger partial charge in [0.05, 0.1) is 16.8 Å². The fraction of sp³-hybridized carbons (Fsp3) is 0.412. The molecule has 1 fully saturated rings. The molecular formula is C17H20N4. The highest BCUT2D eigenvalue weighted by Gasteiger charge is 2.23. The Morgan fingerprint density at radius 2 is 1.95 bits per heavy atom. The quantitative estimate of drug-likeness (QED) is 0.848. The topological polar surface area (TPSA) is 43.2 Å². The molecule has 0 aliphatic carbocycles. The predicted molar refractivity (Wildman–Crippen MR) is 85.4 cm³/mol. The van der Waals surface area contributed by atoms with Crippen molar-refractivity contribution in [2.45, 2.75) is 18.9 Å². The Balaban J connectivity index is 1.99. The minimum absolute atomic E-state index is 0.639. The van der Waals surface area contributed by atoms with Crippen LogP contribution >= 0.6 is 0 Å². The molecule has 0 unspecified atom stereocenters. The smallest absolute Gasteiger partial charge is 0.103 e. The van der Waals surface area contributed by atoms with E-state index in [9.17, 15) is 5.26 Å². The number of piperidine rings is 1. The first-order chi connectivity index (χ1) is 10.2. The van der Waals surface area contributed by atoms with Gasteiger partial charge in [0.2, 0.25) is 0 Å². The summed E-state index contributed by atoms with van der Waals surface area (Å²) in [5, 5.41) is 10.5. The van der Waals surface area contributed by atoms with Gasteiger partial charge in [-0.3, -0.25) is 4.98 Å². The maximum atomic E-state index is 9.42. The van der Waals surface area contributed by atoms with E-state index in [1.54, 1.807) is 6.20 Å². The van der Waals surface area contributed by atoms with E-state index in [0.29, 0.717) is 11.6 Å². The highest BCUT2D eigenvalue weighted by molar-refractivity contribution is 5.94. The lowest BCUT2D eigenvalue weighted by molar-refractivity contribution is 0.250. The van der Waals surface area contributed by atoms with E-state index in [0.717, 1.165) is 42.5 Å². The van der Waals surface area contributed by atoms with Crippen molar-refractivity contribution in [2.24, 2.45) is 0 Å². The molecule has 4 nitrogen and oxygen atoms in total. The van der Waals surface area contributed by atoms with Gasteiger partial charge in [-0.25, -0.2) is 0 Å². The van der Waals surface area contributed by atoms with Crippen LogP contribution in [0.15, 0.2) is 30.5 Å². The molecule has 1 aromatic carbocycles. The molecule has 1 saturated heterocycles. The van der Waals surface area contributed by atoms with Gasteiger partial charge >= 0.3 is 0 Å². The van der Waals surface area contributed by atoms with E-state index in [-0.39, 0.29) is 0 Å². The molecule has 0 spiro atoms. The summed E-state index contributed by atoms with van der Waals surface area (Å²) in [6.07, 6.45) is 3.97. The molecule has 2 heterocycles. The van der Waals surface area contributed by atoms with E-state index >= 15 is 0 Å². The molecule has 4 heteroatoms. The largest absolute Gasteiger partial charge is 0.370 e.